The van der Waals surface area contributed by atoms with E-state index in [1.165, 1.54) is 11.9 Å². The zero-order valence-electron chi connectivity index (χ0n) is 14.4. The van der Waals surface area contributed by atoms with Crippen molar-refractivity contribution in [1.82, 2.24) is 20.1 Å². The van der Waals surface area contributed by atoms with E-state index in [1.807, 2.05) is 11.4 Å². The molecule has 0 radical (unpaired) electrons. The van der Waals surface area contributed by atoms with Crippen LogP contribution >= 0.6 is 11.3 Å². The average Bonchev–Trinajstić information content (AvgIpc) is 3.31. The first kappa shape index (κ1) is 17.4. The molecule has 2 heterocycles. The summed E-state index contributed by atoms with van der Waals surface area (Å²) in [7, 11) is 0. The first-order chi connectivity index (χ1) is 12.1. The molecule has 0 fully saturated rings. The van der Waals surface area contributed by atoms with Crippen molar-refractivity contribution >= 4 is 17.2 Å². The Balaban J connectivity index is 1.72. The molecule has 1 unspecified atom stereocenters. The largest absolute Gasteiger partial charge is 0.344 e. The summed E-state index contributed by atoms with van der Waals surface area (Å²) < 4.78 is 1.66. The van der Waals surface area contributed by atoms with Crippen LogP contribution in [-0.2, 0) is 11.3 Å². The van der Waals surface area contributed by atoms with Gasteiger partial charge < -0.3 is 5.32 Å². The highest BCUT2D eigenvalue weighted by atomic mass is 32.1. The molecule has 6 heteroatoms. The molecule has 1 amide bonds. The molecule has 1 aromatic carbocycles. The number of nitrogens with zero attached hydrogens (tertiary/aromatic N) is 3. The van der Waals surface area contributed by atoms with Gasteiger partial charge in [0.2, 0.25) is 5.91 Å². The zero-order chi connectivity index (χ0) is 17.6. The molecule has 0 aliphatic rings. The number of hydrogen-bond donors (Lipinski definition) is 1. The molecule has 0 bridgehead atoms. The maximum Gasteiger partial charge on any atom is 0.222 e. The number of carbonyl (C=O) groups excluding carboxylic acids is 1. The number of thiophene rings is 1. The van der Waals surface area contributed by atoms with Gasteiger partial charge in [-0.25, -0.2) is 4.98 Å². The van der Waals surface area contributed by atoms with Crippen molar-refractivity contribution in [3.8, 4) is 0 Å². The van der Waals surface area contributed by atoms with E-state index >= 15 is 0 Å². The van der Waals surface area contributed by atoms with Crippen LogP contribution in [0.3, 0.4) is 0 Å². The lowest BCUT2D eigenvalue weighted by Gasteiger charge is -2.19. The number of hydrogen-bond acceptors (Lipinski definition) is 4. The topological polar surface area (TPSA) is 59.8 Å². The van der Waals surface area contributed by atoms with Crippen LogP contribution in [-0.4, -0.2) is 20.7 Å². The van der Waals surface area contributed by atoms with Gasteiger partial charge in [-0.3, -0.25) is 9.48 Å². The van der Waals surface area contributed by atoms with Crippen LogP contribution in [0.5, 0.6) is 0 Å². The Morgan fingerprint density at radius 3 is 2.56 bits per heavy atom. The van der Waals surface area contributed by atoms with E-state index in [9.17, 15) is 4.79 Å². The second kappa shape index (κ2) is 8.07. The number of nitrogens with one attached hydrogen (secondary N) is 1. The number of rotatable bonds is 7. The minimum atomic E-state index is -0.121. The third-order valence-electron chi connectivity index (χ3n) is 4.10. The minimum absolute atomic E-state index is 0.00170. The number of carbonyl (C=O) groups is 1. The molecule has 130 valence electrons. The lowest BCUT2D eigenvalue weighted by Crippen LogP contribution is -2.29. The van der Waals surface area contributed by atoms with Gasteiger partial charge in [0.05, 0.1) is 12.6 Å². The van der Waals surface area contributed by atoms with Gasteiger partial charge in [0.15, 0.2) is 0 Å². The van der Waals surface area contributed by atoms with Crippen molar-refractivity contribution in [2.75, 3.05) is 0 Å². The second-order valence-corrected chi connectivity index (χ2v) is 7.23. The fraction of sp³-hybridized carbons (Fsp3) is 0.316. The standard InChI is InChI=1S/C19H22N4OS/c1-14(2)15-5-7-16(8-6-15)19(17-4-3-11-25-17)22-18(24)9-10-23-13-20-12-21-23/h3-8,11-14,19H,9-10H2,1-2H3,(H,22,24). The van der Waals surface area contributed by atoms with E-state index in [1.54, 1.807) is 22.3 Å². The van der Waals surface area contributed by atoms with Crippen molar-refractivity contribution in [2.24, 2.45) is 0 Å². The summed E-state index contributed by atoms with van der Waals surface area (Å²) in [5.74, 6) is 0.494. The van der Waals surface area contributed by atoms with E-state index in [2.05, 4.69) is 59.6 Å². The third-order valence-corrected chi connectivity index (χ3v) is 5.04. The molecule has 5 nitrogen and oxygen atoms in total. The van der Waals surface area contributed by atoms with Crippen molar-refractivity contribution in [3.63, 3.8) is 0 Å². The molecular formula is C19H22N4OS. The fourth-order valence-electron chi connectivity index (χ4n) is 2.65. The Bertz CT molecular complexity index is 779. The molecular weight excluding hydrogens is 332 g/mol. The lowest BCUT2D eigenvalue weighted by atomic mass is 9.98. The molecule has 0 spiro atoms. The summed E-state index contributed by atoms with van der Waals surface area (Å²) in [5, 5.41) is 9.22. The Hall–Kier alpha value is -2.47. The molecule has 0 saturated heterocycles. The van der Waals surface area contributed by atoms with Gasteiger partial charge in [0, 0.05) is 11.3 Å². The highest BCUT2D eigenvalue weighted by Gasteiger charge is 2.18. The second-order valence-electron chi connectivity index (χ2n) is 6.25. The molecule has 0 saturated carbocycles. The average molecular weight is 354 g/mol. The molecule has 1 atom stereocenters. The SMILES string of the molecule is CC(C)c1ccc(C(NC(=O)CCn2cncn2)c2cccs2)cc1. The maximum absolute atomic E-state index is 12.4. The van der Waals surface area contributed by atoms with Crippen molar-refractivity contribution in [3.05, 3.63) is 70.4 Å². The Kier molecular flexibility index (Phi) is 5.60. The van der Waals surface area contributed by atoms with Gasteiger partial charge in [0.25, 0.3) is 0 Å². The predicted molar refractivity (Wildman–Crippen MR) is 99.5 cm³/mol. The monoisotopic (exact) mass is 354 g/mol. The normalized spacial score (nSPS) is 12.3. The number of benzene rings is 1. The van der Waals surface area contributed by atoms with Crippen LogP contribution in [0.1, 0.15) is 48.2 Å². The highest BCUT2D eigenvalue weighted by Crippen LogP contribution is 2.27. The first-order valence-corrected chi connectivity index (χ1v) is 9.26. The van der Waals surface area contributed by atoms with E-state index in [4.69, 9.17) is 0 Å². The van der Waals surface area contributed by atoms with Crippen LogP contribution < -0.4 is 5.32 Å². The maximum atomic E-state index is 12.4. The van der Waals surface area contributed by atoms with Gasteiger partial charge >= 0.3 is 0 Å². The van der Waals surface area contributed by atoms with Gasteiger partial charge in [-0.2, -0.15) is 5.10 Å². The summed E-state index contributed by atoms with van der Waals surface area (Å²) in [4.78, 5) is 17.4. The molecule has 0 aliphatic carbocycles. The van der Waals surface area contributed by atoms with E-state index < -0.39 is 0 Å². The minimum Gasteiger partial charge on any atom is -0.344 e. The van der Waals surface area contributed by atoms with Gasteiger partial charge in [-0.05, 0) is 28.5 Å². The summed E-state index contributed by atoms with van der Waals surface area (Å²) in [6.45, 7) is 4.88. The number of aryl methyl sites for hydroxylation is 1. The van der Waals surface area contributed by atoms with E-state index in [0.717, 1.165) is 10.4 Å². The van der Waals surface area contributed by atoms with Crippen molar-refractivity contribution in [1.29, 1.82) is 0 Å². The summed E-state index contributed by atoms with van der Waals surface area (Å²) in [5.41, 5.74) is 2.40. The lowest BCUT2D eigenvalue weighted by molar-refractivity contribution is -0.121. The van der Waals surface area contributed by atoms with Crippen molar-refractivity contribution in [2.45, 2.75) is 38.8 Å². The van der Waals surface area contributed by atoms with Crippen LogP contribution in [0.25, 0.3) is 0 Å². The molecule has 1 N–H and O–H groups in total. The third kappa shape index (κ3) is 4.54. The van der Waals surface area contributed by atoms with E-state index in [-0.39, 0.29) is 11.9 Å². The van der Waals surface area contributed by atoms with E-state index in [0.29, 0.717) is 18.9 Å². The van der Waals surface area contributed by atoms with Gasteiger partial charge in [0.1, 0.15) is 12.7 Å². The summed E-state index contributed by atoms with van der Waals surface area (Å²) >= 11 is 1.65. The fourth-order valence-corrected chi connectivity index (χ4v) is 3.45. The first-order valence-electron chi connectivity index (χ1n) is 8.38. The van der Waals surface area contributed by atoms with Crippen molar-refractivity contribution < 1.29 is 4.79 Å². The van der Waals surface area contributed by atoms with Gasteiger partial charge in [-0.1, -0.05) is 44.2 Å². The quantitative estimate of drug-likeness (QED) is 0.703. The smallest absolute Gasteiger partial charge is 0.222 e. The molecule has 0 aliphatic heterocycles. The zero-order valence-corrected chi connectivity index (χ0v) is 15.2. The van der Waals surface area contributed by atoms with Gasteiger partial charge in [-0.15, -0.1) is 11.3 Å². The van der Waals surface area contributed by atoms with Crippen LogP contribution in [0.2, 0.25) is 0 Å². The highest BCUT2D eigenvalue weighted by molar-refractivity contribution is 7.10. The molecule has 25 heavy (non-hydrogen) atoms. The number of aromatic nitrogens is 3. The predicted octanol–water partition coefficient (Wildman–Crippen LogP) is 3.76. The Labute approximate surface area is 151 Å². The molecule has 3 aromatic rings. The Morgan fingerprint density at radius 2 is 1.96 bits per heavy atom. The summed E-state index contributed by atoms with van der Waals surface area (Å²) in [6.07, 6.45) is 3.46. The molecule has 2 aromatic heterocycles. The Morgan fingerprint density at radius 1 is 1.20 bits per heavy atom. The van der Waals surface area contributed by atoms with Crippen LogP contribution in [0.4, 0.5) is 0 Å². The van der Waals surface area contributed by atoms with Crippen LogP contribution in [0, 0.1) is 0 Å². The molecule has 3 rings (SSSR count). The summed E-state index contributed by atoms with van der Waals surface area (Å²) in [6, 6.07) is 12.4. The number of amides is 1. The van der Waals surface area contributed by atoms with Crippen LogP contribution in [0.15, 0.2) is 54.4 Å².